The lowest BCUT2D eigenvalue weighted by atomic mass is 10.2. The molecule has 0 aliphatic heterocycles. The first-order valence-corrected chi connectivity index (χ1v) is 7.17. The van der Waals surface area contributed by atoms with Crippen LogP contribution in [0.4, 0.5) is 0 Å². The summed E-state index contributed by atoms with van der Waals surface area (Å²) in [5.74, 6) is 0.0521. The van der Waals surface area contributed by atoms with Crippen LogP contribution < -0.4 is 4.74 Å². The monoisotopic (exact) mass is 304 g/mol. The molecule has 2 rings (SSSR count). The summed E-state index contributed by atoms with van der Waals surface area (Å²) in [7, 11) is 0. The van der Waals surface area contributed by atoms with Crippen LogP contribution in [-0.2, 0) is 6.61 Å². The number of aromatic nitrogens is 1. The highest BCUT2D eigenvalue weighted by atomic mass is 16.5. The fraction of sp³-hybridized carbons (Fsp3) is 0.375. The lowest BCUT2D eigenvalue weighted by Crippen LogP contribution is -2.38. The molecule has 0 spiro atoms. The van der Waals surface area contributed by atoms with E-state index in [0.717, 1.165) is 5.56 Å². The van der Waals surface area contributed by atoms with Crippen molar-refractivity contribution in [2.24, 2.45) is 0 Å². The molecule has 1 aromatic carbocycles. The SMILES string of the molecule is CC(C)N(CCO)C(=O)c1cc(OCc2ccccc2)no1. The van der Waals surface area contributed by atoms with Gasteiger partial charge in [0.05, 0.1) is 12.7 Å². The highest BCUT2D eigenvalue weighted by Gasteiger charge is 2.22. The third kappa shape index (κ3) is 4.08. The molecule has 2 aromatic rings. The summed E-state index contributed by atoms with van der Waals surface area (Å²) in [5.41, 5.74) is 1.00. The van der Waals surface area contributed by atoms with E-state index in [2.05, 4.69) is 5.16 Å². The minimum absolute atomic E-state index is 0.0431. The van der Waals surface area contributed by atoms with Crippen LogP contribution in [-0.4, -0.2) is 40.3 Å². The van der Waals surface area contributed by atoms with Crippen LogP contribution in [0.25, 0.3) is 0 Å². The third-order valence-corrected chi connectivity index (χ3v) is 3.15. The number of hydrogen-bond acceptors (Lipinski definition) is 5. The quantitative estimate of drug-likeness (QED) is 0.847. The highest BCUT2D eigenvalue weighted by molar-refractivity contribution is 5.91. The van der Waals surface area contributed by atoms with E-state index in [-0.39, 0.29) is 36.7 Å². The molecule has 1 amide bonds. The summed E-state index contributed by atoms with van der Waals surface area (Å²) in [6, 6.07) is 11.1. The molecule has 22 heavy (non-hydrogen) atoms. The van der Waals surface area contributed by atoms with Crippen molar-refractivity contribution in [2.75, 3.05) is 13.2 Å². The van der Waals surface area contributed by atoms with Crippen molar-refractivity contribution in [3.8, 4) is 5.88 Å². The van der Waals surface area contributed by atoms with Crippen molar-refractivity contribution in [1.82, 2.24) is 10.1 Å². The topological polar surface area (TPSA) is 75.8 Å². The number of ether oxygens (including phenoxy) is 1. The first kappa shape index (κ1) is 16.0. The van der Waals surface area contributed by atoms with Gasteiger partial charge in [0, 0.05) is 12.6 Å². The molecule has 0 fully saturated rings. The summed E-state index contributed by atoms with van der Waals surface area (Å²) in [6.07, 6.45) is 0. The Balaban J connectivity index is 1.99. The molecule has 1 heterocycles. The predicted molar refractivity (Wildman–Crippen MR) is 80.5 cm³/mol. The molecule has 0 saturated carbocycles. The minimum Gasteiger partial charge on any atom is -0.471 e. The first-order valence-electron chi connectivity index (χ1n) is 7.17. The van der Waals surface area contributed by atoms with Crippen molar-refractivity contribution in [3.63, 3.8) is 0 Å². The van der Waals surface area contributed by atoms with Crippen LogP contribution in [0.15, 0.2) is 40.9 Å². The van der Waals surface area contributed by atoms with Crippen molar-refractivity contribution < 1.29 is 19.2 Å². The maximum atomic E-state index is 12.3. The normalized spacial score (nSPS) is 10.7. The van der Waals surface area contributed by atoms with Gasteiger partial charge in [-0.3, -0.25) is 4.79 Å². The molecule has 0 unspecified atom stereocenters. The Hall–Kier alpha value is -2.34. The maximum absolute atomic E-state index is 12.3. The highest BCUT2D eigenvalue weighted by Crippen LogP contribution is 2.16. The number of carbonyl (C=O) groups is 1. The number of amides is 1. The maximum Gasteiger partial charge on any atom is 0.292 e. The Bertz CT molecular complexity index is 595. The molecule has 118 valence electrons. The van der Waals surface area contributed by atoms with Crippen molar-refractivity contribution >= 4 is 5.91 Å². The summed E-state index contributed by atoms with van der Waals surface area (Å²) >= 11 is 0. The van der Waals surface area contributed by atoms with E-state index in [1.807, 2.05) is 44.2 Å². The molecule has 1 aromatic heterocycles. The lowest BCUT2D eigenvalue weighted by Gasteiger charge is -2.24. The first-order chi connectivity index (χ1) is 10.6. The Morgan fingerprint density at radius 3 is 2.73 bits per heavy atom. The molecule has 0 aliphatic rings. The van der Waals surface area contributed by atoms with Gasteiger partial charge in [-0.25, -0.2) is 0 Å². The van der Waals surface area contributed by atoms with Gasteiger partial charge in [-0.2, -0.15) is 0 Å². The number of aliphatic hydroxyl groups is 1. The van der Waals surface area contributed by atoms with Crippen LogP contribution in [0, 0.1) is 0 Å². The molecule has 0 atom stereocenters. The summed E-state index contributed by atoms with van der Waals surface area (Å²) < 4.78 is 10.5. The molecule has 0 radical (unpaired) electrons. The van der Waals surface area contributed by atoms with Gasteiger partial charge in [0.25, 0.3) is 11.8 Å². The summed E-state index contributed by atoms with van der Waals surface area (Å²) in [4.78, 5) is 13.8. The molecule has 0 aliphatic carbocycles. The van der Waals surface area contributed by atoms with E-state index in [9.17, 15) is 4.79 Å². The summed E-state index contributed by atoms with van der Waals surface area (Å²) in [6.45, 7) is 4.24. The van der Waals surface area contributed by atoms with Crippen LogP contribution in [0.2, 0.25) is 0 Å². The van der Waals surface area contributed by atoms with Crippen molar-refractivity contribution in [2.45, 2.75) is 26.5 Å². The predicted octanol–water partition coefficient (Wildman–Crippen LogP) is 2.10. The van der Waals surface area contributed by atoms with Gasteiger partial charge in [0.1, 0.15) is 6.61 Å². The van der Waals surface area contributed by atoms with Gasteiger partial charge in [-0.1, -0.05) is 30.3 Å². The Morgan fingerprint density at radius 1 is 1.36 bits per heavy atom. The van der Waals surface area contributed by atoms with E-state index in [1.54, 1.807) is 0 Å². The van der Waals surface area contributed by atoms with Crippen LogP contribution in [0.1, 0.15) is 30.0 Å². The van der Waals surface area contributed by atoms with E-state index in [1.165, 1.54) is 11.0 Å². The van der Waals surface area contributed by atoms with E-state index >= 15 is 0 Å². The molecule has 6 heteroatoms. The second-order valence-electron chi connectivity index (χ2n) is 5.12. The van der Waals surface area contributed by atoms with Crippen molar-refractivity contribution in [1.29, 1.82) is 0 Å². The number of nitrogens with zero attached hydrogens (tertiary/aromatic N) is 2. The molecule has 0 bridgehead atoms. The molecule has 0 saturated heterocycles. The van der Waals surface area contributed by atoms with Crippen molar-refractivity contribution in [3.05, 3.63) is 47.7 Å². The van der Waals surface area contributed by atoms with Gasteiger partial charge in [-0.05, 0) is 24.6 Å². The zero-order chi connectivity index (χ0) is 15.9. The molecular formula is C16H20N2O4. The lowest BCUT2D eigenvalue weighted by molar-refractivity contribution is 0.0623. The number of carbonyl (C=O) groups excluding carboxylic acids is 1. The van der Waals surface area contributed by atoms with Gasteiger partial charge >= 0.3 is 0 Å². The van der Waals surface area contributed by atoms with E-state index < -0.39 is 0 Å². The van der Waals surface area contributed by atoms with Gasteiger partial charge in [0.2, 0.25) is 5.76 Å². The van der Waals surface area contributed by atoms with E-state index in [0.29, 0.717) is 6.61 Å². The second kappa shape index (κ2) is 7.61. The number of hydrogen-bond donors (Lipinski definition) is 1. The fourth-order valence-electron chi connectivity index (χ4n) is 2.00. The standard InChI is InChI=1S/C16H20N2O4/c1-12(2)18(8-9-19)16(20)14-10-15(17-22-14)21-11-13-6-4-3-5-7-13/h3-7,10,12,19H,8-9,11H2,1-2H3. The smallest absolute Gasteiger partial charge is 0.292 e. The summed E-state index contributed by atoms with van der Waals surface area (Å²) in [5, 5.41) is 12.8. The third-order valence-electron chi connectivity index (χ3n) is 3.15. The number of benzene rings is 1. The zero-order valence-corrected chi connectivity index (χ0v) is 12.7. The van der Waals surface area contributed by atoms with Gasteiger partial charge in [-0.15, -0.1) is 0 Å². The van der Waals surface area contributed by atoms with E-state index in [4.69, 9.17) is 14.4 Å². The largest absolute Gasteiger partial charge is 0.471 e. The second-order valence-corrected chi connectivity index (χ2v) is 5.12. The average Bonchev–Trinajstić information content (AvgIpc) is 2.99. The molecule has 6 nitrogen and oxygen atoms in total. The molecular weight excluding hydrogens is 284 g/mol. The minimum atomic E-state index is -0.314. The zero-order valence-electron chi connectivity index (χ0n) is 12.7. The van der Waals surface area contributed by atoms with Crippen LogP contribution in [0.5, 0.6) is 5.88 Å². The van der Waals surface area contributed by atoms with Crippen LogP contribution in [0.3, 0.4) is 0 Å². The molecule has 1 N–H and O–H groups in total. The Morgan fingerprint density at radius 2 is 2.09 bits per heavy atom. The Kier molecular flexibility index (Phi) is 5.55. The average molecular weight is 304 g/mol. The van der Waals surface area contributed by atoms with Gasteiger partial charge < -0.3 is 19.3 Å². The Labute approximate surface area is 129 Å². The van der Waals surface area contributed by atoms with Crippen LogP contribution >= 0.6 is 0 Å². The fourth-order valence-corrected chi connectivity index (χ4v) is 2.00. The number of aliphatic hydroxyl groups excluding tert-OH is 1. The number of rotatable bonds is 7. The van der Waals surface area contributed by atoms with Gasteiger partial charge in [0.15, 0.2) is 0 Å².